The van der Waals surface area contributed by atoms with Gasteiger partial charge in [0.05, 0.1) is 0 Å². The van der Waals surface area contributed by atoms with E-state index in [0.717, 1.165) is 39.0 Å². The van der Waals surface area contributed by atoms with E-state index in [4.69, 9.17) is 23.2 Å². The minimum absolute atomic E-state index is 0.101. The van der Waals surface area contributed by atoms with Crippen LogP contribution in [-0.2, 0) is 0 Å². The zero-order valence-corrected chi connectivity index (χ0v) is 11.8. The second-order valence-electron chi connectivity index (χ2n) is 4.70. The second kappa shape index (κ2) is 4.92. The molecule has 2 aromatic rings. The fraction of sp³-hybridized carbons (Fsp3) is 0.125. The summed E-state index contributed by atoms with van der Waals surface area (Å²) in [6.07, 6.45) is 0. The molecule has 2 aromatic carbocycles. The van der Waals surface area contributed by atoms with Gasteiger partial charge < -0.3 is 5.32 Å². The molecule has 0 saturated heterocycles. The standard InChI is InChI=1S/C16H13Cl2N/c1-10-9-19-15-7-6-11(17)8-13(15)16(10)12-4-2-3-5-14(12)18/h2-8,16,19H,1,9H2. The third kappa shape index (κ3) is 2.24. The van der Waals surface area contributed by atoms with Crippen LogP contribution in [0.2, 0.25) is 10.0 Å². The summed E-state index contributed by atoms with van der Waals surface area (Å²) in [6, 6.07) is 13.8. The lowest BCUT2D eigenvalue weighted by Gasteiger charge is -2.30. The number of fused-ring (bicyclic) bond motifs is 1. The summed E-state index contributed by atoms with van der Waals surface area (Å²) in [7, 11) is 0. The van der Waals surface area contributed by atoms with Gasteiger partial charge in [0.1, 0.15) is 0 Å². The number of halogens is 2. The summed E-state index contributed by atoms with van der Waals surface area (Å²) in [6.45, 7) is 4.93. The zero-order valence-electron chi connectivity index (χ0n) is 10.3. The zero-order chi connectivity index (χ0) is 13.4. The Bertz CT molecular complexity index is 649. The summed E-state index contributed by atoms with van der Waals surface area (Å²) in [5, 5.41) is 4.85. The molecule has 1 atom stereocenters. The van der Waals surface area contributed by atoms with Crippen molar-refractivity contribution in [3.05, 3.63) is 75.8 Å². The van der Waals surface area contributed by atoms with Crippen molar-refractivity contribution in [2.45, 2.75) is 5.92 Å². The molecule has 1 aliphatic rings. The number of hydrogen-bond acceptors (Lipinski definition) is 1. The molecule has 0 radical (unpaired) electrons. The van der Waals surface area contributed by atoms with Crippen molar-refractivity contribution in [1.29, 1.82) is 0 Å². The van der Waals surface area contributed by atoms with Gasteiger partial charge in [-0.15, -0.1) is 0 Å². The summed E-state index contributed by atoms with van der Waals surface area (Å²) in [5.41, 5.74) is 4.42. The van der Waals surface area contributed by atoms with Crippen LogP contribution in [0.3, 0.4) is 0 Å². The van der Waals surface area contributed by atoms with Crippen LogP contribution in [0.25, 0.3) is 0 Å². The fourth-order valence-electron chi connectivity index (χ4n) is 2.56. The smallest absolute Gasteiger partial charge is 0.0447 e. The highest BCUT2D eigenvalue weighted by Crippen LogP contribution is 2.42. The molecule has 0 fully saturated rings. The van der Waals surface area contributed by atoms with Gasteiger partial charge in [-0.2, -0.15) is 0 Å². The molecule has 0 saturated carbocycles. The van der Waals surface area contributed by atoms with Crippen molar-refractivity contribution in [2.75, 3.05) is 11.9 Å². The highest BCUT2D eigenvalue weighted by molar-refractivity contribution is 6.31. The monoisotopic (exact) mass is 289 g/mol. The van der Waals surface area contributed by atoms with E-state index in [0.29, 0.717) is 0 Å². The minimum atomic E-state index is 0.101. The SMILES string of the molecule is C=C1CNc2ccc(Cl)cc2C1c1ccccc1Cl. The Hall–Kier alpha value is -1.44. The number of hydrogen-bond donors (Lipinski definition) is 1. The summed E-state index contributed by atoms with van der Waals surface area (Å²) >= 11 is 12.5. The molecule has 1 aliphatic heterocycles. The number of benzene rings is 2. The number of rotatable bonds is 1. The predicted octanol–water partition coefficient (Wildman–Crippen LogP) is 5.11. The molecule has 0 bridgehead atoms. The van der Waals surface area contributed by atoms with Gasteiger partial charge in [-0.25, -0.2) is 0 Å². The maximum Gasteiger partial charge on any atom is 0.0447 e. The summed E-state index contributed by atoms with van der Waals surface area (Å²) in [5.74, 6) is 0.101. The summed E-state index contributed by atoms with van der Waals surface area (Å²) < 4.78 is 0. The van der Waals surface area contributed by atoms with Crippen molar-refractivity contribution in [1.82, 2.24) is 0 Å². The van der Waals surface area contributed by atoms with Gasteiger partial charge in [-0.1, -0.05) is 48.0 Å². The van der Waals surface area contributed by atoms with E-state index < -0.39 is 0 Å². The molecule has 96 valence electrons. The predicted molar refractivity (Wildman–Crippen MR) is 82.4 cm³/mol. The van der Waals surface area contributed by atoms with E-state index in [1.165, 1.54) is 0 Å². The first kappa shape index (κ1) is 12.6. The molecular formula is C16H13Cl2N. The normalized spacial score (nSPS) is 17.8. The number of nitrogens with one attached hydrogen (secondary N) is 1. The molecule has 0 spiro atoms. The molecule has 3 heteroatoms. The first-order valence-electron chi connectivity index (χ1n) is 6.12. The van der Waals surface area contributed by atoms with E-state index in [1.54, 1.807) is 0 Å². The lowest BCUT2D eigenvalue weighted by Crippen LogP contribution is -2.20. The molecular weight excluding hydrogens is 277 g/mol. The minimum Gasteiger partial charge on any atom is -0.381 e. The van der Waals surface area contributed by atoms with Crippen LogP contribution in [-0.4, -0.2) is 6.54 Å². The van der Waals surface area contributed by atoms with Crippen molar-refractivity contribution in [3.63, 3.8) is 0 Å². The van der Waals surface area contributed by atoms with Crippen LogP contribution in [0.15, 0.2) is 54.6 Å². The lowest BCUT2D eigenvalue weighted by atomic mass is 9.82. The maximum atomic E-state index is 6.33. The fourth-order valence-corrected chi connectivity index (χ4v) is 2.99. The van der Waals surface area contributed by atoms with E-state index >= 15 is 0 Å². The van der Waals surface area contributed by atoms with Crippen LogP contribution in [0.4, 0.5) is 5.69 Å². The Labute approximate surface area is 122 Å². The lowest BCUT2D eigenvalue weighted by molar-refractivity contribution is 0.893. The van der Waals surface area contributed by atoms with Crippen LogP contribution in [0.1, 0.15) is 17.0 Å². The average molecular weight is 290 g/mol. The first-order valence-corrected chi connectivity index (χ1v) is 6.88. The summed E-state index contributed by atoms with van der Waals surface area (Å²) in [4.78, 5) is 0. The van der Waals surface area contributed by atoms with Gasteiger partial charge in [0, 0.05) is 28.2 Å². The van der Waals surface area contributed by atoms with Crippen molar-refractivity contribution in [2.24, 2.45) is 0 Å². The van der Waals surface area contributed by atoms with E-state index in [9.17, 15) is 0 Å². The van der Waals surface area contributed by atoms with Crippen LogP contribution in [0.5, 0.6) is 0 Å². The highest BCUT2D eigenvalue weighted by atomic mass is 35.5. The second-order valence-corrected chi connectivity index (χ2v) is 5.54. The Morgan fingerprint density at radius 1 is 1.05 bits per heavy atom. The van der Waals surface area contributed by atoms with E-state index in [2.05, 4.69) is 11.9 Å². The largest absolute Gasteiger partial charge is 0.381 e. The van der Waals surface area contributed by atoms with E-state index in [-0.39, 0.29) is 5.92 Å². The third-order valence-corrected chi connectivity index (χ3v) is 4.03. The quantitative estimate of drug-likeness (QED) is 0.720. The number of anilines is 1. The average Bonchev–Trinajstić information content (AvgIpc) is 2.40. The van der Waals surface area contributed by atoms with Crippen LogP contribution >= 0.6 is 23.2 Å². The van der Waals surface area contributed by atoms with E-state index in [1.807, 2.05) is 42.5 Å². The third-order valence-electron chi connectivity index (χ3n) is 3.45. The molecule has 19 heavy (non-hydrogen) atoms. The maximum absolute atomic E-state index is 6.33. The van der Waals surface area contributed by atoms with Crippen molar-refractivity contribution < 1.29 is 0 Å². The molecule has 1 heterocycles. The van der Waals surface area contributed by atoms with Crippen molar-refractivity contribution in [3.8, 4) is 0 Å². The van der Waals surface area contributed by atoms with Gasteiger partial charge in [-0.05, 0) is 41.0 Å². The van der Waals surface area contributed by atoms with Gasteiger partial charge in [0.25, 0.3) is 0 Å². The van der Waals surface area contributed by atoms with Crippen molar-refractivity contribution >= 4 is 28.9 Å². The Morgan fingerprint density at radius 3 is 2.63 bits per heavy atom. The highest BCUT2D eigenvalue weighted by Gasteiger charge is 2.26. The topological polar surface area (TPSA) is 12.0 Å². The molecule has 0 amide bonds. The Morgan fingerprint density at radius 2 is 1.84 bits per heavy atom. The Balaban J connectivity index is 2.19. The van der Waals surface area contributed by atoms with Gasteiger partial charge in [0.15, 0.2) is 0 Å². The molecule has 1 nitrogen and oxygen atoms in total. The molecule has 0 aromatic heterocycles. The van der Waals surface area contributed by atoms with Crippen LogP contribution in [0, 0.1) is 0 Å². The Kier molecular flexibility index (Phi) is 3.26. The van der Waals surface area contributed by atoms with Gasteiger partial charge in [-0.3, -0.25) is 0 Å². The molecule has 1 unspecified atom stereocenters. The van der Waals surface area contributed by atoms with Gasteiger partial charge >= 0.3 is 0 Å². The molecule has 0 aliphatic carbocycles. The first-order chi connectivity index (χ1) is 9.16. The molecule has 1 N–H and O–H groups in total. The van der Waals surface area contributed by atoms with Gasteiger partial charge in [0.2, 0.25) is 0 Å². The molecule has 3 rings (SSSR count). The van der Waals surface area contributed by atoms with Crippen LogP contribution < -0.4 is 5.32 Å².